The molecule has 1 amide bonds. The highest BCUT2D eigenvalue weighted by Gasteiger charge is 2.21. The highest BCUT2D eigenvalue weighted by atomic mass is 16.6. The molecule has 0 spiro atoms. The minimum absolute atomic E-state index is 0.0635. The molecule has 1 N–H and O–H groups in total. The minimum Gasteiger partial charge on any atom is -0.273 e. The minimum atomic E-state index is -0.179. The summed E-state index contributed by atoms with van der Waals surface area (Å²) in [6.45, 7) is 10.9. The smallest absolute Gasteiger partial charge is 0.273 e. The fourth-order valence-corrected chi connectivity index (χ4v) is 1.66. The van der Waals surface area contributed by atoms with Crippen LogP contribution in [0.15, 0.2) is 24.3 Å². The topological polar surface area (TPSA) is 38.3 Å². The van der Waals surface area contributed by atoms with Crippen LogP contribution >= 0.6 is 0 Å². The average Bonchev–Trinajstić information content (AvgIpc) is 2.27. The molecule has 1 rings (SSSR count). The highest BCUT2D eigenvalue weighted by Crippen LogP contribution is 2.25. The molecule has 0 unspecified atom stereocenters. The Morgan fingerprint density at radius 2 is 1.89 bits per heavy atom. The summed E-state index contributed by atoms with van der Waals surface area (Å²) in [4.78, 5) is 17.2. The molecule has 0 saturated carbocycles. The lowest BCUT2D eigenvalue weighted by atomic mass is 9.83. The predicted molar refractivity (Wildman–Crippen MR) is 73.4 cm³/mol. The molecule has 1 aromatic rings. The number of hydrogen-bond donors (Lipinski definition) is 1. The SMILES string of the molecule is CC(C)CONC(=O)c1ccccc1C(C)(C)C. The standard InChI is InChI=1S/C15H23NO2/c1-11(2)10-18-16-14(17)12-8-6-7-9-13(12)15(3,4)5/h6-9,11H,10H2,1-5H3,(H,16,17). The molecule has 0 heterocycles. The van der Waals surface area contributed by atoms with Crippen molar-refractivity contribution in [3.63, 3.8) is 0 Å². The number of nitrogens with one attached hydrogen (secondary N) is 1. The summed E-state index contributed by atoms with van der Waals surface area (Å²) in [7, 11) is 0. The first-order valence-electron chi connectivity index (χ1n) is 6.34. The maximum absolute atomic E-state index is 12.1. The van der Waals surface area contributed by atoms with Crippen LogP contribution in [0.5, 0.6) is 0 Å². The molecule has 18 heavy (non-hydrogen) atoms. The average molecular weight is 249 g/mol. The Morgan fingerprint density at radius 1 is 1.28 bits per heavy atom. The molecule has 0 aromatic heterocycles. The van der Waals surface area contributed by atoms with E-state index in [2.05, 4.69) is 26.3 Å². The van der Waals surface area contributed by atoms with Gasteiger partial charge in [-0.25, -0.2) is 5.48 Å². The third-order valence-corrected chi connectivity index (χ3v) is 2.56. The quantitative estimate of drug-likeness (QED) is 0.831. The van der Waals surface area contributed by atoms with Gasteiger partial charge in [-0.2, -0.15) is 0 Å². The molecule has 0 atom stereocenters. The molecular weight excluding hydrogens is 226 g/mol. The molecule has 0 aliphatic rings. The summed E-state index contributed by atoms with van der Waals surface area (Å²) in [5.74, 6) is 0.212. The van der Waals surface area contributed by atoms with E-state index in [1.165, 1.54) is 0 Å². The van der Waals surface area contributed by atoms with Crippen LogP contribution in [-0.2, 0) is 10.3 Å². The van der Waals surface area contributed by atoms with Gasteiger partial charge in [0.2, 0.25) is 0 Å². The molecule has 0 aliphatic carbocycles. The van der Waals surface area contributed by atoms with Gasteiger partial charge in [0.05, 0.1) is 6.61 Å². The van der Waals surface area contributed by atoms with Crippen molar-refractivity contribution >= 4 is 5.91 Å². The Morgan fingerprint density at radius 3 is 2.44 bits per heavy atom. The molecule has 0 radical (unpaired) electrons. The molecular formula is C15H23NO2. The Kier molecular flexibility index (Phi) is 4.91. The molecule has 1 aromatic carbocycles. The van der Waals surface area contributed by atoms with Crippen LogP contribution in [0.3, 0.4) is 0 Å². The summed E-state index contributed by atoms with van der Waals surface area (Å²) in [5.41, 5.74) is 4.14. The molecule has 0 aliphatic heterocycles. The van der Waals surface area contributed by atoms with Crippen LogP contribution in [0.25, 0.3) is 0 Å². The number of hydrogen-bond acceptors (Lipinski definition) is 2. The van der Waals surface area contributed by atoms with Gasteiger partial charge >= 0.3 is 0 Å². The van der Waals surface area contributed by atoms with Crippen molar-refractivity contribution in [2.24, 2.45) is 5.92 Å². The second kappa shape index (κ2) is 6.01. The number of carbonyl (C=O) groups is 1. The zero-order valence-electron chi connectivity index (χ0n) is 11.9. The zero-order chi connectivity index (χ0) is 13.8. The van der Waals surface area contributed by atoms with Gasteiger partial charge in [0.15, 0.2) is 0 Å². The van der Waals surface area contributed by atoms with Crippen LogP contribution in [0.2, 0.25) is 0 Å². The van der Waals surface area contributed by atoms with Crippen LogP contribution in [-0.4, -0.2) is 12.5 Å². The third kappa shape index (κ3) is 4.15. The van der Waals surface area contributed by atoms with Crippen LogP contribution < -0.4 is 5.48 Å². The van der Waals surface area contributed by atoms with Gasteiger partial charge in [0.25, 0.3) is 5.91 Å². The van der Waals surface area contributed by atoms with E-state index in [4.69, 9.17) is 4.84 Å². The molecule has 3 heteroatoms. The first-order valence-corrected chi connectivity index (χ1v) is 6.34. The Hall–Kier alpha value is -1.35. The Balaban J connectivity index is 2.80. The molecule has 0 bridgehead atoms. The summed E-state index contributed by atoms with van der Waals surface area (Å²) in [5, 5.41) is 0. The lowest BCUT2D eigenvalue weighted by Crippen LogP contribution is -2.28. The Bertz CT molecular complexity index is 405. The van der Waals surface area contributed by atoms with Gasteiger partial charge in [-0.1, -0.05) is 52.8 Å². The van der Waals surface area contributed by atoms with Crippen molar-refractivity contribution < 1.29 is 9.63 Å². The lowest BCUT2D eigenvalue weighted by Gasteiger charge is -2.22. The molecule has 100 valence electrons. The molecule has 0 saturated heterocycles. The van der Waals surface area contributed by atoms with E-state index in [9.17, 15) is 4.79 Å². The Labute approximate surface area is 109 Å². The van der Waals surface area contributed by atoms with Crippen molar-refractivity contribution in [2.45, 2.75) is 40.0 Å². The van der Waals surface area contributed by atoms with E-state index in [0.717, 1.165) is 5.56 Å². The predicted octanol–water partition coefficient (Wildman–Crippen LogP) is 3.30. The van der Waals surface area contributed by atoms with E-state index < -0.39 is 0 Å². The van der Waals surface area contributed by atoms with E-state index in [1.807, 2.05) is 38.1 Å². The molecule has 3 nitrogen and oxygen atoms in total. The van der Waals surface area contributed by atoms with E-state index >= 15 is 0 Å². The highest BCUT2D eigenvalue weighted by molar-refractivity contribution is 5.95. The second-order valence-electron chi connectivity index (χ2n) is 5.93. The van der Waals surface area contributed by atoms with E-state index in [1.54, 1.807) is 0 Å². The van der Waals surface area contributed by atoms with Gasteiger partial charge in [-0.15, -0.1) is 0 Å². The number of rotatable bonds is 4. The first kappa shape index (κ1) is 14.7. The second-order valence-corrected chi connectivity index (χ2v) is 5.93. The maximum Gasteiger partial charge on any atom is 0.275 e. The van der Waals surface area contributed by atoms with E-state index in [0.29, 0.717) is 18.1 Å². The van der Waals surface area contributed by atoms with Gasteiger partial charge in [-0.3, -0.25) is 9.63 Å². The summed E-state index contributed by atoms with van der Waals surface area (Å²) < 4.78 is 0. The largest absolute Gasteiger partial charge is 0.275 e. The van der Waals surface area contributed by atoms with Gasteiger partial charge < -0.3 is 0 Å². The van der Waals surface area contributed by atoms with Crippen LogP contribution in [0.4, 0.5) is 0 Å². The van der Waals surface area contributed by atoms with Gasteiger partial charge in [0.1, 0.15) is 0 Å². The number of amides is 1. The van der Waals surface area contributed by atoms with Crippen molar-refractivity contribution in [1.29, 1.82) is 0 Å². The number of benzene rings is 1. The van der Waals surface area contributed by atoms with Crippen molar-refractivity contribution in [2.75, 3.05) is 6.61 Å². The normalized spacial score (nSPS) is 11.7. The van der Waals surface area contributed by atoms with Crippen molar-refractivity contribution in [3.05, 3.63) is 35.4 Å². The van der Waals surface area contributed by atoms with Gasteiger partial charge in [0, 0.05) is 5.56 Å². The summed E-state index contributed by atoms with van der Waals surface area (Å²) >= 11 is 0. The van der Waals surface area contributed by atoms with Crippen LogP contribution in [0.1, 0.15) is 50.5 Å². The van der Waals surface area contributed by atoms with Gasteiger partial charge in [-0.05, 0) is 23.0 Å². The summed E-state index contributed by atoms with van der Waals surface area (Å²) in [6, 6.07) is 7.63. The third-order valence-electron chi connectivity index (χ3n) is 2.56. The lowest BCUT2D eigenvalue weighted by molar-refractivity contribution is 0.0207. The van der Waals surface area contributed by atoms with Crippen molar-refractivity contribution in [1.82, 2.24) is 5.48 Å². The number of hydroxylamine groups is 1. The number of carbonyl (C=O) groups excluding carboxylic acids is 1. The maximum atomic E-state index is 12.1. The van der Waals surface area contributed by atoms with E-state index in [-0.39, 0.29) is 11.3 Å². The first-order chi connectivity index (χ1) is 8.32. The fourth-order valence-electron chi connectivity index (χ4n) is 1.66. The molecule has 0 fully saturated rings. The zero-order valence-corrected chi connectivity index (χ0v) is 11.9. The monoisotopic (exact) mass is 249 g/mol. The fraction of sp³-hybridized carbons (Fsp3) is 0.533. The van der Waals surface area contributed by atoms with Crippen molar-refractivity contribution in [3.8, 4) is 0 Å². The van der Waals surface area contributed by atoms with Crippen LogP contribution in [0, 0.1) is 5.92 Å². The summed E-state index contributed by atoms with van der Waals surface area (Å²) in [6.07, 6.45) is 0.